The standard InChI is InChI=1S/C24H16N4O/c1-27-23-14-21(17-7-3-2-4-8-17)26-28(23)22-13-19(10-11-20(22)24(27)29)18-9-5-6-16(12-18)15-25/h2-14H,1H3. The molecule has 5 nitrogen and oxygen atoms in total. The second kappa shape index (κ2) is 6.47. The molecule has 0 aliphatic carbocycles. The van der Waals surface area contributed by atoms with E-state index in [4.69, 9.17) is 5.10 Å². The van der Waals surface area contributed by atoms with Gasteiger partial charge >= 0.3 is 0 Å². The van der Waals surface area contributed by atoms with E-state index in [2.05, 4.69) is 6.07 Å². The van der Waals surface area contributed by atoms with Crippen LogP contribution in [0.2, 0.25) is 0 Å². The van der Waals surface area contributed by atoms with E-state index in [0.717, 1.165) is 33.5 Å². The maximum absolute atomic E-state index is 12.9. The Bertz CT molecular complexity index is 1490. The number of aryl methyl sites for hydroxylation is 1. The van der Waals surface area contributed by atoms with Gasteiger partial charge in [-0.2, -0.15) is 10.4 Å². The summed E-state index contributed by atoms with van der Waals surface area (Å²) in [5.74, 6) is 0. The molecule has 5 rings (SSSR count). The Hall–Kier alpha value is -4.17. The molecular weight excluding hydrogens is 360 g/mol. The maximum atomic E-state index is 12.9. The van der Waals surface area contributed by atoms with Crippen LogP contribution >= 0.6 is 0 Å². The molecule has 0 unspecified atom stereocenters. The minimum Gasteiger partial charge on any atom is -0.296 e. The molecule has 3 aromatic carbocycles. The van der Waals surface area contributed by atoms with Crippen molar-refractivity contribution in [3.63, 3.8) is 0 Å². The SMILES string of the molecule is Cn1c(=O)c2ccc(-c3cccc(C#N)c3)cc2n2nc(-c3ccccc3)cc12. The van der Waals surface area contributed by atoms with Crippen LogP contribution in [0.1, 0.15) is 5.56 Å². The third kappa shape index (κ3) is 2.70. The van der Waals surface area contributed by atoms with E-state index < -0.39 is 0 Å². The lowest BCUT2D eigenvalue weighted by Crippen LogP contribution is -2.19. The lowest BCUT2D eigenvalue weighted by Gasteiger charge is -2.08. The predicted octanol–water partition coefficient (Wildman–Crippen LogP) is 4.39. The van der Waals surface area contributed by atoms with E-state index in [1.54, 1.807) is 17.7 Å². The molecule has 0 atom stereocenters. The minimum absolute atomic E-state index is 0.0654. The van der Waals surface area contributed by atoms with Crippen molar-refractivity contribution >= 4 is 16.6 Å². The molecule has 0 aliphatic rings. The van der Waals surface area contributed by atoms with E-state index in [1.807, 2.05) is 77.3 Å². The third-order valence-electron chi connectivity index (χ3n) is 5.19. The molecule has 2 aromatic heterocycles. The highest BCUT2D eigenvalue weighted by molar-refractivity contribution is 5.86. The fourth-order valence-electron chi connectivity index (χ4n) is 3.66. The van der Waals surface area contributed by atoms with Crippen LogP contribution in [0.15, 0.2) is 83.7 Å². The molecule has 0 N–H and O–H groups in total. The van der Waals surface area contributed by atoms with Gasteiger partial charge in [0.1, 0.15) is 5.65 Å². The highest BCUT2D eigenvalue weighted by Crippen LogP contribution is 2.26. The third-order valence-corrected chi connectivity index (χ3v) is 5.19. The number of hydrogen-bond acceptors (Lipinski definition) is 3. The van der Waals surface area contributed by atoms with Crippen LogP contribution in [0.3, 0.4) is 0 Å². The normalized spacial score (nSPS) is 11.0. The summed E-state index contributed by atoms with van der Waals surface area (Å²) in [5, 5.41) is 14.6. The summed E-state index contributed by atoms with van der Waals surface area (Å²) in [6.45, 7) is 0. The first-order valence-electron chi connectivity index (χ1n) is 9.24. The number of rotatable bonds is 2. The first-order chi connectivity index (χ1) is 14.2. The summed E-state index contributed by atoms with van der Waals surface area (Å²) in [7, 11) is 1.76. The molecule has 0 aliphatic heterocycles. The van der Waals surface area contributed by atoms with Crippen LogP contribution in [-0.4, -0.2) is 14.2 Å². The topological polar surface area (TPSA) is 63.1 Å². The number of fused-ring (bicyclic) bond motifs is 3. The van der Waals surface area contributed by atoms with Crippen molar-refractivity contribution in [2.75, 3.05) is 0 Å². The number of aromatic nitrogens is 3. The van der Waals surface area contributed by atoms with Crippen molar-refractivity contribution in [3.8, 4) is 28.5 Å². The Labute approximate surface area is 166 Å². The van der Waals surface area contributed by atoms with Gasteiger partial charge in [0.15, 0.2) is 0 Å². The zero-order chi connectivity index (χ0) is 20.0. The highest BCUT2D eigenvalue weighted by atomic mass is 16.1. The monoisotopic (exact) mass is 376 g/mol. The fraction of sp³-hybridized carbons (Fsp3) is 0.0417. The van der Waals surface area contributed by atoms with E-state index in [0.29, 0.717) is 10.9 Å². The Kier molecular flexibility index (Phi) is 3.78. The van der Waals surface area contributed by atoms with Gasteiger partial charge in [0.05, 0.1) is 28.2 Å². The van der Waals surface area contributed by atoms with Crippen LogP contribution in [0.4, 0.5) is 0 Å². The molecule has 2 heterocycles. The highest BCUT2D eigenvalue weighted by Gasteiger charge is 2.14. The van der Waals surface area contributed by atoms with Crippen molar-refractivity contribution in [1.29, 1.82) is 5.26 Å². The van der Waals surface area contributed by atoms with Gasteiger partial charge in [-0.05, 0) is 35.4 Å². The molecule has 5 heteroatoms. The van der Waals surface area contributed by atoms with E-state index in [9.17, 15) is 10.1 Å². The van der Waals surface area contributed by atoms with Crippen molar-refractivity contribution in [3.05, 3.63) is 94.8 Å². The quantitative estimate of drug-likeness (QED) is 0.459. The lowest BCUT2D eigenvalue weighted by atomic mass is 10.0. The van der Waals surface area contributed by atoms with Gasteiger partial charge < -0.3 is 0 Å². The Morgan fingerprint density at radius 2 is 1.62 bits per heavy atom. The average molecular weight is 376 g/mol. The van der Waals surface area contributed by atoms with Crippen molar-refractivity contribution in [2.24, 2.45) is 7.05 Å². The van der Waals surface area contributed by atoms with Crippen molar-refractivity contribution < 1.29 is 0 Å². The number of benzene rings is 3. The molecule has 0 bridgehead atoms. The zero-order valence-electron chi connectivity index (χ0n) is 15.7. The molecule has 0 spiro atoms. The number of nitrogens with zero attached hydrogens (tertiary/aromatic N) is 4. The summed E-state index contributed by atoms with van der Waals surface area (Å²) >= 11 is 0. The van der Waals surface area contributed by atoms with Gasteiger partial charge in [-0.3, -0.25) is 9.36 Å². The largest absolute Gasteiger partial charge is 0.296 e. The summed E-state index contributed by atoms with van der Waals surface area (Å²) in [6, 6.07) is 27.1. The molecule has 138 valence electrons. The van der Waals surface area contributed by atoms with Crippen LogP contribution in [0.25, 0.3) is 38.9 Å². The molecule has 0 saturated heterocycles. The van der Waals surface area contributed by atoms with Gasteiger partial charge in [0.2, 0.25) is 0 Å². The van der Waals surface area contributed by atoms with Crippen molar-refractivity contribution in [2.45, 2.75) is 0 Å². The first-order valence-corrected chi connectivity index (χ1v) is 9.24. The smallest absolute Gasteiger partial charge is 0.261 e. The van der Waals surface area contributed by atoms with Crippen LogP contribution < -0.4 is 5.56 Å². The molecule has 5 aromatic rings. The molecule has 0 saturated carbocycles. The summed E-state index contributed by atoms with van der Waals surface area (Å²) in [4.78, 5) is 12.9. The lowest BCUT2D eigenvalue weighted by molar-refractivity contribution is 0.850. The van der Waals surface area contributed by atoms with E-state index >= 15 is 0 Å². The zero-order valence-corrected chi connectivity index (χ0v) is 15.7. The number of hydrogen-bond donors (Lipinski definition) is 0. The number of nitriles is 1. The Morgan fingerprint density at radius 1 is 0.862 bits per heavy atom. The predicted molar refractivity (Wildman–Crippen MR) is 114 cm³/mol. The summed E-state index contributed by atoms with van der Waals surface area (Å²) in [5.41, 5.74) is 5.66. The Balaban J connectivity index is 1.81. The van der Waals surface area contributed by atoms with E-state index in [-0.39, 0.29) is 5.56 Å². The van der Waals surface area contributed by atoms with Gasteiger partial charge in [-0.1, -0.05) is 48.5 Å². The molecule has 0 amide bonds. The van der Waals surface area contributed by atoms with E-state index in [1.165, 1.54) is 0 Å². The average Bonchev–Trinajstić information content (AvgIpc) is 3.24. The van der Waals surface area contributed by atoms with Gasteiger partial charge in [0.25, 0.3) is 5.56 Å². The second-order valence-corrected chi connectivity index (χ2v) is 6.95. The second-order valence-electron chi connectivity index (χ2n) is 6.95. The minimum atomic E-state index is -0.0654. The van der Waals surface area contributed by atoms with Gasteiger partial charge in [0, 0.05) is 18.7 Å². The molecule has 0 radical (unpaired) electrons. The van der Waals surface area contributed by atoms with Crippen LogP contribution in [0, 0.1) is 11.3 Å². The van der Waals surface area contributed by atoms with Crippen LogP contribution in [-0.2, 0) is 7.05 Å². The Morgan fingerprint density at radius 3 is 2.41 bits per heavy atom. The van der Waals surface area contributed by atoms with Crippen LogP contribution in [0.5, 0.6) is 0 Å². The summed E-state index contributed by atoms with van der Waals surface area (Å²) < 4.78 is 3.44. The van der Waals surface area contributed by atoms with Crippen molar-refractivity contribution in [1.82, 2.24) is 14.2 Å². The first kappa shape index (κ1) is 17.0. The fourth-order valence-corrected chi connectivity index (χ4v) is 3.66. The summed E-state index contributed by atoms with van der Waals surface area (Å²) in [6.07, 6.45) is 0. The van der Waals surface area contributed by atoms with Gasteiger partial charge in [-0.25, -0.2) is 4.52 Å². The molecular formula is C24H16N4O. The molecule has 0 fully saturated rings. The maximum Gasteiger partial charge on any atom is 0.261 e. The van der Waals surface area contributed by atoms with Gasteiger partial charge in [-0.15, -0.1) is 0 Å². The molecule has 29 heavy (non-hydrogen) atoms.